The standard InChI is InChI=1S/C6H16N2O2P/c1-2-3-4-10-11(9)6(8)5-7/h6H,2-5,7-8H2,1H3/q+1. The molecule has 0 aliphatic carbocycles. The maximum Gasteiger partial charge on any atom is 0.528 e. The summed E-state index contributed by atoms with van der Waals surface area (Å²) < 4.78 is 15.9. The Kier molecular flexibility index (Phi) is 6.66. The first-order chi connectivity index (χ1) is 5.22. The zero-order valence-corrected chi connectivity index (χ0v) is 7.72. The van der Waals surface area contributed by atoms with E-state index in [1.54, 1.807) is 0 Å². The van der Waals surface area contributed by atoms with Gasteiger partial charge in [-0.25, -0.2) is 0 Å². The molecular formula is C6H16N2O2P+. The molecule has 0 saturated heterocycles. The van der Waals surface area contributed by atoms with E-state index in [4.69, 9.17) is 16.0 Å². The van der Waals surface area contributed by atoms with Crippen LogP contribution in [0.5, 0.6) is 0 Å². The molecule has 0 amide bonds. The summed E-state index contributed by atoms with van der Waals surface area (Å²) in [5, 5.41) is 0. The van der Waals surface area contributed by atoms with Crippen LogP contribution in [0.4, 0.5) is 0 Å². The molecule has 0 heterocycles. The van der Waals surface area contributed by atoms with Gasteiger partial charge >= 0.3 is 8.03 Å². The maximum atomic E-state index is 11.0. The Morgan fingerprint density at radius 3 is 2.73 bits per heavy atom. The van der Waals surface area contributed by atoms with Crippen LogP contribution < -0.4 is 11.5 Å². The van der Waals surface area contributed by atoms with Gasteiger partial charge in [0.15, 0.2) is 0 Å². The van der Waals surface area contributed by atoms with Gasteiger partial charge in [-0.3, -0.25) is 5.73 Å². The lowest BCUT2D eigenvalue weighted by molar-refractivity contribution is 0.315. The van der Waals surface area contributed by atoms with Crippen LogP contribution in [-0.4, -0.2) is 18.9 Å². The van der Waals surface area contributed by atoms with Gasteiger partial charge < -0.3 is 5.73 Å². The zero-order valence-electron chi connectivity index (χ0n) is 6.82. The number of rotatable bonds is 6. The van der Waals surface area contributed by atoms with Crippen LogP contribution in [0.3, 0.4) is 0 Å². The smallest absolute Gasteiger partial charge is 0.325 e. The van der Waals surface area contributed by atoms with E-state index in [-0.39, 0.29) is 6.54 Å². The Morgan fingerprint density at radius 1 is 1.64 bits per heavy atom. The van der Waals surface area contributed by atoms with Gasteiger partial charge in [-0.15, -0.1) is 4.52 Å². The molecule has 0 aromatic rings. The van der Waals surface area contributed by atoms with Gasteiger partial charge in [0.05, 0.1) is 6.54 Å². The first-order valence-electron chi connectivity index (χ1n) is 3.77. The third-order valence-electron chi connectivity index (χ3n) is 1.23. The molecule has 0 fully saturated rings. The molecule has 0 spiro atoms. The summed E-state index contributed by atoms with van der Waals surface area (Å²) in [4.78, 5) is 0. The van der Waals surface area contributed by atoms with Crippen molar-refractivity contribution in [2.75, 3.05) is 13.2 Å². The van der Waals surface area contributed by atoms with Crippen molar-refractivity contribution in [3.8, 4) is 0 Å². The molecule has 0 rings (SSSR count). The van der Waals surface area contributed by atoms with E-state index in [0.717, 1.165) is 12.8 Å². The second kappa shape index (κ2) is 6.68. The summed E-state index contributed by atoms with van der Waals surface area (Å²) in [6, 6.07) is 0. The summed E-state index contributed by atoms with van der Waals surface area (Å²) in [5.74, 6) is -0.512. The summed E-state index contributed by atoms with van der Waals surface area (Å²) in [5.41, 5.74) is 10.6. The van der Waals surface area contributed by atoms with Gasteiger partial charge in [-0.2, -0.15) is 0 Å². The van der Waals surface area contributed by atoms with E-state index < -0.39 is 13.8 Å². The number of hydrogen-bond donors (Lipinski definition) is 2. The topological polar surface area (TPSA) is 78.3 Å². The molecule has 0 aliphatic heterocycles. The molecule has 0 aliphatic rings. The lowest BCUT2D eigenvalue weighted by Gasteiger charge is -1.94. The molecule has 4 N–H and O–H groups in total. The molecule has 2 unspecified atom stereocenters. The Balaban J connectivity index is 3.36. The van der Waals surface area contributed by atoms with Crippen LogP contribution in [0.1, 0.15) is 19.8 Å². The number of nitrogens with two attached hydrogens (primary N) is 2. The molecule has 66 valence electrons. The minimum Gasteiger partial charge on any atom is -0.325 e. The van der Waals surface area contributed by atoms with Crippen molar-refractivity contribution in [3.05, 3.63) is 0 Å². The molecule has 0 aromatic heterocycles. The lowest BCUT2D eigenvalue weighted by Crippen LogP contribution is -2.26. The van der Waals surface area contributed by atoms with Crippen molar-refractivity contribution < 1.29 is 9.09 Å². The molecule has 0 radical (unpaired) electrons. The Labute approximate surface area is 68.1 Å². The Bertz CT molecular complexity index is 121. The van der Waals surface area contributed by atoms with Gasteiger partial charge in [0.25, 0.3) is 0 Å². The summed E-state index contributed by atoms with van der Waals surface area (Å²) in [7, 11) is -1.75. The first-order valence-corrected chi connectivity index (χ1v) is 5.02. The van der Waals surface area contributed by atoms with Crippen LogP contribution in [-0.2, 0) is 9.09 Å². The molecule has 4 nitrogen and oxygen atoms in total. The molecule has 0 saturated carbocycles. The number of unbranched alkanes of at least 4 members (excludes halogenated alkanes) is 1. The average molecular weight is 179 g/mol. The molecule has 5 heteroatoms. The highest BCUT2D eigenvalue weighted by Gasteiger charge is 2.26. The highest BCUT2D eigenvalue weighted by molar-refractivity contribution is 7.40. The van der Waals surface area contributed by atoms with Gasteiger partial charge in [-0.05, 0) is 11.0 Å². The highest BCUT2D eigenvalue weighted by atomic mass is 31.1. The predicted molar refractivity (Wildman–Crippen MR) is 45.5 cm³/mol. The van der Waals surface area contributed by atoms with E-state index in [9.17, 15) is 4.57 Å². The fourth-order valence-corrected chi connectivity index (χ4v) is 1.15. The summed E-state index contributed by atoms with van der Waals surface area (Å²) >= 11 is 0. The minimum absolute atomic E-state index is 0.210. The molecular weight excluding hydrogens is 163 g/mol. The fourth-order valence-electron chi connectivity index (χ4n) is 0.481. The van der Waals surface area contributed by atoms with E-state index >= 15 is 0 Å². The van der Waals surface area contributed by atoms with Crippen LogP contribution in [0.15, 0.2) is 0 Å². The van der Waals surface area contributed by atoms with Gasteiger partial charge in [-0.1, -0.05) is 13.3 Å². The normalized spacial score (nSPS) is 14.6. The lowest BCUT2D eigenvalue weighted by atomic mass is 10.4. The van der Waals surface area contributed by atoms with Crippen molar-refractivity contribution >= 4 is 8.03 Å². The molecule has 0 aromatic carbocycles. The third kappa shape index (κ3) is 5.27. The quantitative estimate of drug-likeness (QED) is 0.466. The van der Waals surface area contributed by atoms with E-state index in [1.807, 2.05) is 6.92 Å². The van der Waals surface area contributed by atoms with Gasteiger partial charge in [0.2, 0.25) is 5.78 Å². The average Bonchev–Trinajstić information content (AvgIpc) is 2.03. The molecule has 2 atom stereocenters. The number of hydrogen-bond acceptors (Lipinski definition) is 4. The van der Waals surface area contributed by atoms with Crippen LogP contribution in [0.25, 0.3) is 0 Å². The van der Waals surface area contributed by atoms with Crippen LogP contribution in [0.2, 0.25) is 0 Å². The van der Waals surface area contributed by atoms with Crippen LogP contribution >= 0.6 is 8.03 Å². The Hall–Kier alpha value is -0.0200. The SMILES string of the molecule is CCCCO[P+](=O)C(N)CN. The zero-order chi connectivity index (χ0) is 8.69. The van der Waals surface area contributed by atoms with Crippen LogP contribution in [0, 0.1) is 0 Å². The first kappa shape index (κ1) is 11.0. The van der Waals surface area contributed by atoms with Crippen molar-refractivity contribution in [2.24, 2.45) is 11.5 Å². The Morgan fingerprint density at radius 2 is 2.27 bits per heavy atom. The van der Waals surface area contributed by atoms with E-state index in [0.29, 0.717) is 6.61 Å². The van der Waals surface area contributed by atoms with Crippen molar-refractivity contribution in [2.45, 2.75) is 25.5 Å². The second-order valence-electron chi connectivity index (χ2n) is 2.28. The van der Waals surface area contributed by atoms with Crippen molar-refractivity contribution in [1.82, 2.24) is 0 Å². The van der Waals surface area contributed by atoms with Gasteiger partial charge in [0.1, 0.15) is 6.61 Å². The maximum absolute atomic E-state index is 11.0. The predicted octanol–water partition coefficient (Wildman–Crippen LogP) is 0.789. The largest absolute Gasteiger partial charge is 0.528 e. The van der Waals surface area contributed by atoms with Crippen molar-refractivity contribution in [1.29, 1.82) is 0 Å². The molecule has 0 bridgehead atoms. The monoisotopic (exact) mass is 179 g/mol. The summed E-state index contributed by atoms with van der Waals surface area (Å²) in [6.45, 7) is 2.76. The van der Waals surface area contributed by atoms with Crippen molar-refractivity contribution in [3.63, 3.8) is 0 Å². The van der Waals surface area contributed by atoms with E-state index in [2.05, 4.69) is 0 Å². The fraction of sp³-hybridized carbons (Fsp3) is 1.00. The highest BCUT2D eigenvalue weighted by Crippen LogP contribution is 2.25. The van der Waals surface area contributed by atoms with Gasteiger partial charge in [0, 0.05) is 0 Å². The third-order valence-corrected chi connectivity index (χ3v) is 2.42. The van der Waals surface area contributed by atoms with E-state index in [1.165, 1.54) is 0 Å². The summed E-state index contributed by atoms with van der Waals surface area (Å²) in [6.07, 6.45) is 1.94. The minimum atomic E-state index is -1.75. The molecule has 11 heavy (non-hydrogen) atoms. The second-order valence-corrected chi connectivity index (χ2v) is 3.77.